The van der Waals surface area contributed by atoms with Crippen molar-refractivity contribution in [2.45, 2.75) is 32.4 Å². The van der Waals surface area contributed by atoms with E-state index in [-0.39, 0.29) is 11.8 Å². The molecule has 0 aliphatic carbocycles. The average Bonchev–Trinajstić information content (AvgIpc) is 3.20. The number of nitrogens with zero attached hydrogens (tertiary/aromatic N) is 3. The third-order valence-corrected chi connectivity index (χ3v) is 5.68. The predicted molar refractivity (Wildman–Crippen MR) is 87.6 cm³/mol. The molecule has 7 heteroatoms. The second-order valence-electron chi connectivity index (χ2n) is 5.25. The number of hydrogen-bond acceptors (Lipinski definition) is 7. The first kappa shape index (κ1) is 15.7. The second-order valence-corrected chi connectivity index (χ2v) is 7.34. The van der Waals surface area contributed by atoms with Crippen LogP contribution in [0.3, 0.4) is 0 Å². The minimum Gasteiger partial charge on any atom is -0.378 e. The van der Waals surface area contributed by atoms with Crippen LogP contribution in [0.2, 0.25) is 0 Å². The maximum atomic E-state index is 12.3. The Hall–Kier alpha value is -1.15. The Morgan fingerprint density at radius 2 is 2.32 bits per heavy atom. The summed E-state index contributed by atoms with van der Waals surface area (Å²) in [6.45, 7) is 4.99. The van der Waals surface area contributed by atoms with Gasteiger partial charge in [0.15, 0.2) is 5.78 Å². The zero-order valence-electron chi connectivity index (χ0n) is 12.5. The maximum absolute atomic E-state index is 12.3. The standard InChI is InChI=1S/C15H19N3O2S2/c1-2-14-16-17-15(22-14)9-18-5-6-20-10-11(18)8-12(19)13-4-3-7-21-13/h3-4,7,11H,2,5-6,8-10H2,1H3/t11-/m1/s1. The van der Waals surface area contributed by atoms with E-state index in [1.54, 1.807) is 11.3 Å². The number of ether oxygens (including phenoxy) is 1. The number of aromatic nitrogens is 2. The van der Waals surface area contributed by atoms with Crippen molar-refractivity contribution in [2.24, 2.45) is 0 Å². The topological polar surface area (TPSA) is 55.3 Å². The molecular formula is C15H19N3O2S2. The molecule has 1 fully saturated rings. The summed E-state index contributed by atoms with van der Waals surface area (Å²) in [4.78, 5) is 15.5. The number of rotatable bonds is 6. The van der Waals surface area contributed by atoms with Gasteiger partial charge in [-0.05, 0) is 17.9 Å². The lowest BCUT2D eigenvalue weighted by molar-refractivity contribution is -0.0126. The van der Waals surface area contributed by atoms with Crippen molar-refractivity contribution in [1.29, 1.82) is 0 Å². The van der Waals surface area contributed by atoms with Gasteiger partial charge in [0.05, 0.1) is 24.6 Å². The minimum atomic E-state index is 0.123. The summed E-state index contributed by atoms with van der Waals surface area (Å²) in [6, 6.07) is 3.93. The number of ketones is 1. The van der Waals surface area contributed by atoms with Crippen LogP contribution < -0.4 is 0 Å². The molecule has 2 aromatic rings. The number of Topliss-reactive ketones (excluding diaryl/α,β-unsaturated/α-hetero) is 1. The molecule has 118 valence electrons. The molecule has 3 rings (SSSR count). The summed E-state index contributed by atoms with van der Waals surface area (Å²) in [6.07, 6.45) is 1.42. The summed E-state index contributed by atoms with van der Waals surface area (Å²) < 4.78 is 5.57. The Kier molecular flexibility index (Phi) is 5.30. The third kappa shape index (κ3) is 3.78. The number of morpholine rings is 1. The van der Waals surface area contributed by atoms with Crippen molar-refractivity contribution in [3.05, 3.63) is 32.4 Å². The van der Waals surface area contributed by atoms with E-state index in [4.69, 9.17) is 4.74 Å². The van der Waals surface area contributed by atoms with Crippen molar-refractivity contribution in [3.63, 3.8) is 0 Å². The second kappa shape index (κ2) is 7.41. The largest absolute Gasteiger partial charge is 0.378 e. The van der Waals surface area contributed by atoms with E-state index in [2.05, 4.69) is 22.0 Å². The summed E-state index contributed by atoms with van der Waals surface area (Å²) in [7, 11) is 0. The molecule has 0 bridgehead atoms. The van der Waals surface area contributed by atoms with E-state index in [0.29, 0.717) is 19.6 Å². The molecule has 1 atom stereocenters. The quantitative estimate of drug-likeness (QED) is 0.759. The van der Waals surface area contributed by atoms with Crippen LogP contribution in [0.1, 0.15) is 33.0 Å². The van der Waals surface area contributed by atoms with Crippen LogP contribution in [0, 0.1) is 0 Å². The van der Waals surface area contributed by atoms with Crippen LogP contribution in [0.4, 0.5) is 0 Å². The first-order valence-corrected chi connectivity index (χ1v) is 9.15. The summed E-state index contributed by atoms with van der Waals surface area (Å²) in [5, 5.41) is 12.4. The molecule has 0 amide bonds. The van der Waals surface area contributed by atoms with E-state index in [1.165, 1.54) is 11.3 Å². The Morgan fingerprint density at radius 3 is 3.05 bits per heavy atom. The SMILES string of the molecule is CCc1nnc(CN2CCOC[C@H]2CC(=O)c2cccs2)s1. The van der Waals surface area contributed by atoms with E-state index in [1.807, 2.05) is 17.5 Å². The Balaban J connectivity index is 1.64. The number of carbonyl (C=O) groups is 1. The van der Waals surface area contributed by atoms with E-state index in [0.717, 1.165) is 34.4 Å². The van der Waals surface area contributed by atoms with Gasteiger partial charge in [0.1, 0.15) is 10.0 Å². The van der Waals surface area contributed by atoms with Crippen molar-refractivity contribution in [1.82, 2.24) is 15.1 Å². The molecule has 3 heterocycles. The summed E-state index contributed by atoms with van der Waals surface area (Å²) in [5.74, 6) is 0.196. The van der Waals surface area contributed by atoms with Gasteiger partial charge in [0, 0.05) is 19.0 Å². The van der Waals surface area contributed by atoms with Crippen molar-refractivity contribution in [3.8, 4) is 0 Å². The molecule has 2 aromatic heterocycles. The maximum Gasteiger partial charge on any atom is 0.174 e. The van der Waals surface area contributed by atoms with Gasteiger partial charge in [-0.3, -0.25) is 9.69 Å². The number of carbonyl (C=O) groups excluding carboxylic acids is 1. The van der Waals surface area contributed by atoms with Gasteiger partial charge in [-0.1, -0.05) is 13.0 Å². The fourth-order valence-electron chi connectivity index (χ4n) is 2.51. The highest BCUT2D eigenvalue weighted by Gasteiger charge is 2.27. The molecular weight excluding hydrogens is 318 g/mol. The lowest BCUT2D eigenvalue weighted by Gasteiger charge is -2.34. The third-order valence-electron chi connectivity index (χ3n) is 3.72. The normalized spacial score (nSPS) is 19.4. The number of aryl methyl sites for hydroxylation is 1. The fraction of sp³-hybridized carbons (Fsp3) is 0.533. The molecule has 1 saturated heterocycles. The van der Waals surface area contributed by atoms with Crippen molar-refractivity contribution >= 4 is 28.5 Å². The number of thiophene rings is 1. The highest BCUT2D eigenvalue weighted by Crippen LogP contribution is 2.20. The molecule has 0 N–H and O–H groups in total. The van der Waals surface area contributed by atoms with Crippen LogP contribution in [0.25, 0.3) is 0 Å². The molecule has 5 nitrogen and oxygen atoms in total. The lowest BCUT2D eigenvalue weighted by Crippen LogP contribution is -2.45. The predicted octanol–water partition coefficient (Wildman–Crippen LogP) is 2.64. The smallest absolute Gasteiger partial charge is 0.174 e. The van der Waals surface area contributed by atoms with Gasteiger partial charge < -0.3 is 4.74 Å². The van der Waals surface area contributed by atoms with E-state index in [9.17, 15) is 4.79 Å². The van der Waals surface area contributed by atoms with Crippen LogP contribution in [-0.2, 0) is 17.7 Å². The molecule has 1 aliphatic rings. The van der Waals surface area contributed by atoms with Crippen LogP contribution >= 0.6 is 22.7 Å². The van der Waals surface area contributed by atoms with Gasteiger partial charge in [-0.2, -0.15) is 0 Å². The Bertz CT molecular complexity index is 612. The van der Waals surface area contributed by atoms with Crippen LogP contribution in [-0.4, -0.2) is 46.7 Å². The van der Waals surface area contributed by atoms with E-state index < -0.39 is 0 Å². The Morgan fingerprint density at radius 1 is 1.45 bits per heavy atom. The average molecular weight is 337 g/mol. The highest BCUT2D eigenvalue weighted by molar-refractivity contribution is 7.12. The highest BCUT2D eigenvalue weighted by atomic mass is 32.1. The lowest BCUT2D eigenvalue weighted by atomic mass is 10.1. The minimum absolute atomic E-state index is 0.123. The van der Waals surface area contributed by atoms with Crippen molar-refractivity contribution < 1.29 is 9.53 Å². The van der Waals surface area contributed by atoms with Gasteiger partial charge >= 0.3 is 0 Å². The molecule has 0 aromatic carbocycles. The molecule has 1 aliphatic heterocycles. The fourth-order valence-corrected chi connectivity index (χ4v) is 3.99. The summed E-state index contributed by atoms with van der Waals surface area (Å²) >= 11 is 3.16. The van der Waals surface area contributed by atoms with E-state index >= 15 is 0 Å². The zero-order valence-corrected chi connectivity index (χ0v) is 14.2. The zero-order chi connectivity index (χ0) is 15.4. The van der Waals surface area contributed by atoms with Crippen molar-refractivity contribution in [2.75, 3.05) is 19.8 Å². The summed E-state index contributed by atoms with van der Waals surface area (Å²) in [5.41, 5.74) is 0. The monoisotopic (exact) mass is 337 g/mol. The molecule has 22 heavy (non-hydrogen) atoms. The molecule has 0 unspecified atom stereocenters. The van der Waals surface area contributed by atoms with Gasteiger partial charge in [0.25, 0.3) is 0 Å². The molecule has 0 radical (unpaired) electrons. The van der Waals surface area contributed by atoms with Gasteiger partial charge in [0.2, 0.25) is 0 Å². The van der Waals surface area contributed by atoms with Gasteiger partial charge in [-0.15, -0.1) is 32.9 Å². The van der Waals surface area contributed by atoms with Crippen LogP contribution in [0.15, 0.2) is 17.5 Å². The number of hydrogen-bond donors (Lipinski definition) is 0. The van der Waals surface area contributed by atoms with Crippen LogP contribution in [0.5, 0.6) is 0 Å². The Labute approximate surface area is 137 Å². The van der Waals surface area contributed by atoms with Gasteiger partial charge in [-0.25, -0.2) is 0 Å². The first-order valence-electron chi connectivity index (χ1n) is 7.46. The first-order chi connectivity index (χ1) is 10.8. The molecule has 0 saturated carbocycles. The molecule has 0 spiro atoms.